The molecule has 1 aromatic rings. The van der Waals surface area contributed by atoms with Gasteiger partial charge in [-0.15, -0.1) is 4.91 Å². The van der Waals surface area contributed by atoms with Crippen LogP contribution >= 0.6 is 0 Å². The normalized spacial score (nSPS) is 13.9. The number of hydrogen-bond acceptors (Lipinski definition) is 4. The largest absolute Gasteiger partial charge is 0.302 e. The predicted molar refractivity (Wildman–Crippen MR) is 94.0 cm³/mol. The van der Waals surface area contributed by atoms with Gasteiger partial charge in [0.25, 0.3) is 0 Å². The highest BCUT2D eigenvalue weighted by Crippen LogP contribution is 2.30. The van der Waals surface area contributed by atoms with E-state index in [1.165, 1.54) is 0 Å². The summed E-state index contributed by atoms with van der Waals surface area (Å²) in [6.45, 7) is 12.0. The number of fused-ring (bicyclic) bond motifs is 1. The van der Waals surface area contributed by atoms with Crippen LogP contribution in [0.1, 0.15) is 30.5 Å². The van der Waals surface area contributed by atoms with E-state index >= 15 is 0 Å². The molecule has 0 heterocycles. The van der Waals surface area contributed by atoms with Gasteiger partial charge in [-0.1, -0.05) is 44.2 Å². The first-order valence-electron chi connectivity index (χ1n) is 7.76. The topological polar surface area (TPSA) is 45.0 Å². The number of rotatable bonds is 7. The van der Waals surface area contributed by atoms with Crippen molar-refractivity contribution >= 4 is 18.0 Å². The Morgan fingerprint density at radius 3 is 2.73 bits per heavy atom. The van der Waals surface area contributed by atoms with Crippen LogP contribution < -0.4 is 0 Å². The Balaban J connectivity index is 2.20. The molecule has 2 rings (SSSR count). The van der Waals surface area contributed by atoms with E-state index in [1.807, 2.05) is 18.2 Å². The molecule has 4 heteroatoms. The maximum atomic E-state index is 11.1. The molecule has 0 radical (unpaired) electrons. The number of nitroso groups, excluding NO2 is 1. The van der Waals surface area contributed by atoms with Gasteiger partial charge in [-0.2, -0.15) is 0 Å². The zero-order valence-corrected chi connectivity index (χ0v) is 13.4. The standard InChI is InChI=1S/C18H23N3O/c1-4-21(5-2)11-10-19-13-17-16-12-14(3)6-7-15(16)8-9-18(17)20-22/h6-9,13H,3-5,10-12H2,1-2H3. The Labute approximate surface area is 132 Å². The molecule has 4 nitrogen and oxygen atoms in total. The third-order valence-electron chi connectivity index (χ3n) is 4.03. The molecule has 0 aliphatic heterocycles. The summed E-state index contributed by atoms with van der Waals surface area (Å²) >= 11 is 0. The monoisotopic (exact) mass is 297 g/mol. The summed E-state index contributed by atoms with van der Waals surface area (Å²) in [5.41, 5.74) is 4.53. The molecule has 1 aromatic carbocycles. The van der Waals surface area contributed by atoms with E-state index in [4.69, 9.17) is 0 Å². The van der Waals surface area contributed by atoms with Crippen molar-refractivity contribution < 1.29 is 0 Å². The van der Waals surface area contributed by atoms with Crippen LogP contribution in [0.3, 0.4) is 0 Å². The lowest BCUT2D eigenvalue weighted by Gasteiger charge is -2.17. The summed E-state index contributed by atoms with van der Waals surface area (Å²) in [5.74, 6) is 0. The van der Waals surface area contributed by atoms with Crippen molar-refractivity contribution in [3.63, 3.8) is 0 Å². The summed E-state index contributed by atoms with van der Waals surface area (Å²) in [6.07, 6.45) is 6.58. The maximum absolute atomic E-state index is 11.1. The fourth-order valence-electron chi connectivity index (χ4n) is 2.63. The van der Waals surface area contributed by atoms with Gasteiger partial charge < -0.3 is 4.90 Å². The van der Waals surface area contributed by atoms with Crippen molar-refractivity contribution in [2.24, 2.45) is 10.2 Å². The van der Waals surface area contributed by atoms with Crippen LogP contribution in [0.2, 0.25) is 0 Å². The van der Waals surface area contributed by atoms with E-state index in [-0.39, 0.29) is 0 Å². The Bertz CT molecular complexity index is 613. The van der Waals surface area contributed by atoms with Crippen LogP contribution in [0.15, 0.2) is 40.5 Å². The highest BCUT2D eigenvalue weighted by Gasteiger charge is 2.14. The second kappa shape index (κ2) is 7.80. The smallest absolute Gasteiger partial charge is 0.117 e. The lowest BCUT2D eigenvalue weighted by atomic mass is 9.90. The van der Waals surface area contributed by atoms with Crippen molar-refractivity contribution in [1.29, 1.82) is 0 Å². The summed E-state index contributed by atoms with van der Waals surface area (Å²) in [6, 6.07) is 3.69. The van der Waals surface area contributed by atoms with Gasteiger partial charge in [0.05, 0.1) is 6.54 Å². The molecular formula is C18H23N3O. The molecule has 1 aliphatic rings. The minimum absolute atomic E-state index is 0.452. The summed E-state index contributed by atoms with van der Waals surface area (Å²) in [4.78, 5) is 17.9. The fraction of sp³-hybridized carbons (Fsp3) is 0.389. The van der Waals surface area contributed by atoms with Gasteiger partial charge >= 0.3 is 0 Å². The van der Waals surface area contributed by atoms with Gasteiger partial charge in [0, 0.05) is 18.3 Å². The summed E-state index contributed by atoms with van der Waals surface area (Å²) in [7, 11) is 0. The van der Waals surface area contributed by atoms with Crippen LogP contribution in [0.25, 0.3) is 6.08 Å². The van der Waals surface area contributed by atoms with E-state index in [0.29, 0.717) is 5.69 Å². The van der Waals surface area contributed by atoms with Gasteiger partial charge in [-0.05, 0) is 41.9 Å². The molecular weight excluding hydrogens is 274 g/mol. The zero-order valence-electron chi connectivity index (χ0n) is 13.4. The number of nitrogens with zero attached hydrogens (tertiary/aromatic N) is 3. The van der Waals surface area contributed by atoms with Crippen molar-refractivity contribution in [2.75, 3.05) is 26.2 Å². The lowest BCUT2D eigenvalue weighted by molar-refractivity contribution is 0.313. The average Bonchev–Trinajstić information content (AvgIpc) is 2.54. The quantitative estimate of drug-likeness (QED) is 0.564. The number of hydrogen-bond donors (Lipinski definition) is 0. The van der Waals surface area contributed by atoms with Crippen LogP contribution in [0.5, 0.6) is 0 Å². The zero-order chi connectivity index (χ0) is 15.9. The Morgan fingerprint density at radius 2 is 2.05 bits per heavy atom. The summed E-state index contributed by atoms with van der Waals surface area (Å²) < 4.78 is 0. The maximum Gasteiger partial charge on any atom is 0.117 e. The Hall–Kier alpha value is -2.07. The van der Waals surface area contributed by atoms with Gasteiger partial charge in [-0.3, -0.25) is 4.99 Å². The summed E-state index contributed by atoms with van der Waals surface area (Å²) in [5, 5.41) is 3.14. The van der Waals surface area contributed by atoms with Crippen LogP contribution in [-0.4, -0.2) is 37.3 Å². The third kappa shape index (κ3) is 3.77. The molecule has 1 aliphatic carbocycles. The fourth-order valence-corrected chi connectivity index (χ4v) is 2.63. The number of benzene rings is 1. The van der Waals surface area contributed by atoms with Gasteiger partial charge in [0.2, 0.25) is 0 Å². The number of likely N-dealkylation sites (N-methyl/N-ethyl adjacent to an activating group) is 1. The molecule has 0 fully saturated rings. The highest BCUT2D eigenvalue weighted by molar-refractivity contribution is 5.91. The molecule has 116 valence electrons. The first-order chi connectivity index (χ1) is 10.7. The van der Waals surface area contributed by atoms with Crippen molar-refractivity contribution in [3.05, 3.63) is 52.0 Å². The SMILES string of the molecule is C=C1C=Cc2ccc(N=O)c(C=NCCN(CC)CC)c2C1. The molecule has 0 amide bonds. The van der Waals surface area contributed by atoms with Crippen LogP contribution in [0, 0.1) is 4.91 Å². The molecule has 0 saturated heterocycles. The first kappa shape index (κ1) is 16.3. The third-order valence-corrected chi connectivity index (χ3v) is 4.03. The molecule has 0 N–H and O–H groups in total. The second-order valence-corrected chi connectivity index (χ2v) is 5.39. The number of aliphatic imine (C=N–C) groups is 1. The second-order valence-electron chi connectivity index (χ2n) is 5.39. The molecule has 0 bridgehead atoms. The van der Waals surface area contributed by atoms with Crippen LogP contribution in [0.4, 0.5) is 5.69 Å². The van der Waals surface area contributed by atoms with Crippen molar-refractivity contribution in [1.82, 2.24) is 4.90 Å². The first-order valence-corrected chi connectivity index (χ1v) is 7.76. The Morgan fingerprint density at radius 1 is 1.27 bits per heavy atom. The predicted octanol–water partition coefficient (Wildman–Crippen LogP) is 3.97. The molecule has 0 atom stereocenters. The highest BCUT2D eigenvalue weighted by atomic mass is 16.3. The van der Waals surface area contributed by atoms with Gasteiger partial charge in [-0.25, -0.2) is 0 Å². The molecule has 22 heavy (non-hydrogen) atoms. The molecule has 0 saturated carbocycles. The molecule has 0 spiro atoms. The van der Waals surface area contributed by atoms with E-state index in [2.05, 4.69) is 35.5 Å². The van der Waals surface area contributed by atoms with E-state index < -0.39 is 0 Å². The molecule has 0 unspecified atom stereocenters. The molecule has 0 aromatic heterocycles. The minimum atomic E-state index is 0.452. The van der Waals surface area contributed by atoms with Gasteiger partial charge in [0.15, 0.2) is 0 Å². The number of allylic oxidation sites excluding steroid dienone is 2. The van der Waals surface area contributed by atoms with Crippen LogP contribution in [-0.2, 0) is 6.42 Å². The average molecular weight is 297 g/mol. The lowest BCUT2D eigenvalue weighted by Crippen LogP contribution is -2.25. The van der Waals surface area contributed by atoms with Crippen molar-refractivity contribution in [3.8, 4) is 0 Å². The van der Waals surface area contributed by atoms with E-state index in [1.54, 1.807) is 12.3 Å². The van der Waals surface area contributed by atoms with Gasteiger partial charge in [0.1, 0.15) is 5.69 Å². The van der Waals surface area contributed by atoms with E-state index in [9.17, 15) is 4.91 Å². The minimum Gasteiger partial charge on any atom is -0.302 e. The van der Waals surface area contributed by atoms with E-state index in [0.717, 1.165) is 54.9 Å². The Kier molecular flexibility index (Phi) is 5.78. The van der Waals surface area contributed by atoms with Crippen molar-refractivity contribution in [2.45, 2.75) is 20.3 Å².